The third-order valence-electron chi connectivity index (χ3n) is 1.26. The number of halogens is 5. The molecular formula is C6H9Br5. The van der Waals surface area contributed by atoms with Gasteiger partial charge in [-0.25, -0.2) is 0 Å². The standard InChI is InChI=1S/C6H9Br5/c1-2-3-4-5(7,8)6(9,10)11/h2-4H2,1H3. The smallest absolute Gasteiger partial charge is 0.0692 e. The molecule has 0 aromatic carbocycles. The maximum Gasteiger partial charge on any atom is 0.159 e. The summed E-state index contributed by atoms with van der Waals surface area (Å²) in [5.74, 6) is 0. The SMILES string of the molecule is CCCCC(Br)(Br)C(Br)(Br)Br. The van der Waals surface area contributed by atoms with E-state index in [1.54, 1.807) is 0 Å². The molecule has 0 aromatic heterocycles. The van der Waals surface area contributed by atoms with Gasteiger partial charge in [0, 0.05) is 0 Å². The van der Waals surface area contributed by atoms with Crippen LogP contribution in [-0.2, 0) is 0 Å². The first-order chi connectivity index (χ1) is 4.81. The summed E-state index contributed by atoms with van der Waals surface area (Å²) < 4.78 is -0.418. The average molecular weight is 481 g/mol. The van der Waals surface area contributed by atoms with Crippen molar-refractivity contribution in [2.24, 2.45) is 0 Å². The molecule has 5 heteroatoms. The van der Waals surface area contributed by atoms with Crippen molar-refractivity contribution >= 4 is 79.6 Å². The van der Waals surface area contributed by atoms with E-state index in [-0.39, 0.29) is 5.38 Å². The van der Waals surface area contributed by atoms with Crippen LogP contribution < -0.4 is 0 Å². The zero-order chi connectivity index (χ0) is 9.12. The molecule has 0 rings (SSSR count). The molecule has 0 N–H and O–H groups in total. The van der Waals surface area contributed by atoms with Gasteiger partial charge in [0.05, 0.1) is 0 Å². The molecule has 0 amide bonds. The van der Waals surface area contributed by atoms with Crippen LogP contribution >= 0.6 is 79.6 Å². The summed E-state index contributed by atoms with van der Waals surface area (Å²) in [7, 11) is 0. The fourth-order valence-corrected chi connectivity index (χ4v) is 1.70. The van der Waals surface area contributed by atoms with E-state index in [0.717, 1.165) is 6.42 Å². The molecule has 0 aliphatic rings. The Balaban J connectivity index is 4.00. The van der Waals surface area contributed by atoms with Gasteiger partial charge in [0.1, 0.15) is 3.23 Å². The molecule has 0 spiro atoms. The first-order valence-electron chi connectivity index (χ1n) is 3.26. The molecule has 0 atom stereocenters. The molecule has 68 valence electrons. The highest BCUT2D eigenvalue weighted by atomic mass is 80.0. The minimum Gasteiger partial charge on any atom is -0.0692 e. The number of unbranched alkanes of at least 4 members (excludes halogenated alkanes) is 1. The molecule has 0 aliphatic carbocycles. The number of rotatable bonds is 3. The Morgan fingerprint density at radius 2 is 1.45 bits per heavy atom. The second-order valence-corrected chi connectivity index (χ2v) is 12.8. The Labute approximate surface area is 110 Å². The molecule has 0 fully saturated rings. The van der Waals surface area contributed by atoms with E-state index in [9.17, 15) is 0 Å². The van der Waals surface area contributed by atoms with Gasteiger partial charge in [-0.1, -0.05) is 99.4 Å². The first kappa shape index (κ1) is 13.4. The predicted molar refractivity (Wildman–Crippen MR) is 69.6 cm³/mol. The summed E-state index contributed by atoms with van der Waals surface area (Å²) in [5.41, 5.74) is 0. The monoisotopic (exact) mass is 476 g/mol. The predicted octanol–water partition coefficient (Wildman–Crippen LogP) is 5.50. The summed E-state index contributed by atoms with van der Waals surface area (Å²) in [6, 6.07) is 0. The lowest BCUT2D eigenvalue weighted by molar-refractivity contribution is 0.691. The second-order valence-electron chi connectivity index (χ2n) is 2.31. The van der Waals surface area contributed by atoms with E-state index < -0.39 is 0 Å². The van der Waals surface area contributed by atoms with Gasteiger partial charge in [-0.15, -0.1) is 0 Å². The summed E-state index contributed by atoms with van der Waals surface area (Å²) in [5, 5.41) is 0. The summed E-state index contributed by atoms with van der Waals surface area (Å²) >= 11 is 17.6. The quantitative estimate of drug-likeness (QED) is 0.468. The molecule has 0 unspecified atom stereocenters. The molecule has 11 heavy (non-hydrogen) atoms. The third kappa shape index (κ3) is 4.99. The molecular weight excluding hydrogens is 472 g/mol. The Morgan fingerprint density at radius 1 is 1.00 bits per heavy atom. The number of hydrogen-bond acceptors (Lipinski definition) is 0. The molecule has 0 aliphatic heterocycles. The second kappa shape index (κ2) is 5.32. The Bertz CT molecular complexity index is 115. The topological polar surface area (TPSA) is 0 Å². The van der Waals surface area contributed by atoms with E-state index >= 15 is 0 Å². The first-order valence-corrected chi connectivity index (χ1v) is 7.22. The van der Waals surface area contributed by atoms with Crippen molar-refractivity contribution in [3.63, 3.8) is 0 Å². The average Bonchev–Trinajstić information content (AvgIpc) is 1.81. The zero-order valence-corrected chi connectivity index (χ0v) is 13.9. The van der Waals surface area contributed by atoms with Crippen molar-refractivity contribution in [1.82, 2.24) is 0 Å². The van der Waals surface area contributed by atoms with Crippen LogP contribution in [0.25, 0.3) is 0 Å². The highest BCUT2D eigenvalue weighted by Gasteiger charge is 2.41. The Kier molecular flexibility index (Phi) is 6.48. The Morgan fingerprint density at radius 3 is 1.73 bits per heavy atom. The van der Waals surface area contributed by atoms with Gasteiger partial charge < -0.3 is 0 Å². The van der Waals surface area contributed by atoms with Crippen LogP contribution in [0.3, 0.4) is 0 Å². The lowest BCUT2D eigenvalue weighted by Crippen LogP contribution is -2.27. The summed E-state index contributed by atoms with van der Waals surface area (Å²) in [6.07, 6.45) is 3.42. The van der Waals surface area contributed by atoms with E-state index in [2.05, 4.69) is 86.6 Å². The van der Waals surface area contributed by atoms with E-state index in [4.69, 9.17) is 0 Å². The third-order valence-corrected chi connectivity index (χ3v) is 8.46. The van der Waals surface area contributed by atoms with Gasteiger partial charge >= 0.3 is 0 Å². The fraction of sp³-hybridized carbons (Fsp3) is 1.00. The van der Waals surface area contributed by atoms with Gasteiger partial charge in [-0.05, 0) is 6.42 Å². The molecule has 0 nitrogen and oxygen atoms in total. The lowest BCUT2D eigenvalue weighted by atomic mass is 10.2. The van der Waals surface area contributed by atoms with Crippen molar-refractivity contribution in [3.05, 3.63) is 0 Å². The van der Waals surface area contributed by atoms with Crippen LogP contribution in [-0.4, -0.2) is 5.38 Å². The summed E-state index contributed by atoms with van der Waals surface area (Å²) in [6.45, 7) is 2.18. The van der Waals surface area contributed by atoms with Crippen LogP contribution in [0.2, 0.25) is 0 Å². The van der Waals surface area contributed by atoms with Gasteiger partial charge in [0.25, 0.3) is 0 Å². The normalized spacial score (nSPS) is 13.6. The van der Waals surface area contributed by atoms with Crippen LogP contribution in [0.5, 0.6) is 0 Å². The van der Waals surface area contributed by atoms with Crippen LogP contribution in [0, 0.1) is 0 Å². The van der Waals surface area contributed by atoms with Gasteiger partial charge in [-0.2, -0.15) is 0 Å². The van der Waals surface area contributed by atoms with Crippen molar-refractivity contribution in [3.8, 4) is 0 Å². The van der Waals surface area contributed by atoms with Crippen LogP contribution in [0.1, 0.15) is 26.2 Å². The van der Waals surface area contributed by atoms with E-state index in [1.165, 1.54) is 12.8 Å². The van der Waals surface area contributed by atoms with Gasteiger partial charge in [0.2, 0.25) is 0 Å². The van der Waals surface area contributed by atoms with E-state index in [0.29, 0.717) is 0 Å². The van der Waals surface area contributed by atoms with Crippen LogP contribution in [0.4, 0.5) is 0 Å². The largest absolute Gasteiger partial charge is 0.159 e. The maximum atomic E-state index is 3.58. The zero-order valence-electron chi connectivity index (χ0n) is 6.01. The van der Waals surface area contributed by atoms with Crippen molar-refractivity contribution in [1.29, 1.82) is 0 Å². The molecule has 0 aromatic rings. The highest BCUT2D eigenvalue weighted by Crippen LogP contribution is 2.54. The van der Waals surface area contributed by atoms with Gasteiger partial charge in [0.15, 0.2) is 2.14 Å². The maximum absolute atomic E-state index is 3.58. The van der Waals surface area contributed by atoms with E-state index in [1.807, 2.05) is 0 Å². The minimum atomic E-state index is -0.283. The summed E-state index contributed by atoms with van der Waals surface area (Å²) in [4.78, 5) is 0. The molecule has 0 saturated heterocycles. The lowest BCUT2D eigenvalue weighted by Gasteiger charge is -2.29. The molecule has 0 heterocycles. The molecule has 0 bridgehead atoms. The van der Waals surface area contributed by atoms with Crippen molar-refractivity contribution in [2.45, 2.75) is 31.6 Å². The molecule has 0 saturated carbocycles. The highest BCUT2D eigenvalue weighted by molar-refractivity contribution is 9.41. The molecule has 0 radical (unpaired) electrons. The Hall–Kier alpha value is 2.40. The number of hydrogen-bond donors (Lipinski definition) is 0. The van der Waals surface area contributed by atoms with Gasteiger partial charge in [-0.3, -0.25) is 0 Å². The van der Waals surface area contributed by atoms with Crippen molar-refractivity contribution < 1.29 is 0 Å². The number of alkyl halides is 5. The van der Waals surface area contributed by atoms with Crippen LogP contribution in [0.15, 0.2) is 0 Å². The van der Waals surface area contributed by atoms with Crippen molar-refractivity contribution in [2.75, 3.05) is 0 Å². The fourth-order valence-electron chi connectivity index (χ4n) is 0.541. The minimum absolute atomic E-state index is 0.136.